The van der Waals surface area contributed by atoms with E-state index in [1.54, 1.807) is 0 Å². The maximum atomic E-state index is 11.3. The van der Waals surface area contributed by atoms with Crippen LogP contribution in [-0.2, 0) is 11.2 Å². The van der Waals surface area contributed by atoms with Crippen LogP contribution in [0.3, 0.4) is 0 Å². The molecule has 0 aromatic heterocycles. The van der Waals surface area contributed by atoms with Gasteiger partial charge < -0.3 is 16.4 Å². The van der Waals surface area contributed by atoms with Gasteiger partial charge in [-0.25, -0.2) is 0 Å². The smallest absolute Gasteiger partial charge is 0.224 e. The summed E-state index contributed by atoms with van der Waals surface area (Å²) in [6, 6.07) is 6.13. The minimum absolute atomic E-state index is 0.109. The third-order valence-electron chi connectivity index (χ3n) is 3.59. The molecule has 1 heterocycles. The van der Waals surface area contributed by atoms with E-state index in [9.17, 15) is 4.79 Å². The van der Waals surface area contributed by atoms with Gasteiger partial charge in [-0.2, -0.15) is 0 Å². The fourth-order valence-electron chi connectivity index (χ4n) is 2.31. The number of hydrogen-bond acceptors (Lipinski definition) is 3. The maximum Gasteiger partial charge on any atom is 0.224 e. The number of anilines is 2. The van der Waals surface area contributed by atoms with Crippen LogP contribution in [0.15, 0.2) is 18.2 Å². The van der Waals surface area contributed by atoms with E-state index >= 15 is 0 Å². The molecule has 0 bridgehead atoms. The minimum atomic E-state index is 0.109. The average Bonchev–Trinajstić information content (AvgIpc) is 2.36. The molecule has 19 heavy (non-hydrogen) atoms. The van der Waals surface area contributed by atoms with E-state index in [2.05, 4.69) is 30.5 Å². The predicted octanol–water partition coefficient (Wildman–Crippen LogP) is 2.36. The van der Waals surface area contributed by atoms with E-state index in [1.807, 2.05) is 12.1 Å². The average molecular weight is 261 g/mol. The van der Waals surface area contributed by atoms with E-state index in [0.29, 0.717) is 13.0 Å². The van der Waals surface area contributed by atoms with Gasteiger partial charge in [0.25, 0.3) is 0 Å². The molecule has 0 radical (unpaired) electrons. The normalized spacial score (nSPS) is 14.8. The molecule has 1 aliphatic rings. The highest BCUT2D eigenvalue weighted by atomic mass is 16.1. The Balaban J connectivity index is 2.01. The Morgan fingerprint density at radius 2 is 2.16 bits per heavy atom. The number of carbonyl (C=O) groups is 1. The Labute approximate surface area is 114 Å². The number of carbonyl (C=O) groups excluding carboxylic acids is 1. The molecule has 1 aliphatic heterocycles. The van der Waals surface area contributed by atoms with Gasteiger partial charge in [0.2, 0.25) is 5.91 Å². The van der Waals surface area contributed by atoms with Crippen LogP contribution < -0.4 is 16.4 Å². The summed E-state index contributed by atoms with van der Waals surface area (Å²) >= 11 is 0. The first-order chi connectivity index (χ1) is 9.00. The molecule has 0 saturated carbocycles. The summed E-state index contributed by atoms with van der Waals surface area (Å²) in [5.74, 6) is 0.109. The topological polar surface area (TPSA) is 67.1 Å². The molecule has 0 atom stereocenters. The molecule has 1 aromatic carbocycles. The Morgan fingerprint density at radius 3 is 2.89 bits per heavy atom. The van der Waals surface area contributed by atoms with Crippen molar-refractivity contribution in [3.63, 3.8) is 0 Å². The highest BCUT2D eigenvalue weighted by molar-refractivity contribution is 5.94. The van der Waals surface area contributed by atoms with Crippen LogP contribution >= 0.6 is 0 Å². The van der Waals surface area contributed by atoms with Crippen LogP contribution in [0, 0.1) is 5.41 Å². The van der Waals surface area contributed by atoms with Crippen LogP contribution in [0.25, 0.3) is 0 Å². The van der Waals surface area contributed by atoms with E-state index in [1.165, 1.54) is 5.56 Å². The van der Waals surface area contributed by atoms with Crippen molar-refractivity contribution in [2.24, 2.45) is 11.1 Å². The molecule has 1 aromatic rings. The van der Waals surface area contributed by atoms with Crippen LogP contribution in [0.5, 0.6) is 0 Å². The molecule has 4 nitrogen and oxygen atoms in total. The van der Waals surface area contributed by atoms with Crippen LogP contribution in [0.4, 0.5) is 11.4 Å². The van der Waals surface area contributed by atoms with Crippen molar-refractivity contribution in [3.8, 4) is 0 Å². The summed E-state index contributed by atoms with van der Waals surface area (Å²) in [5, 5.41) is 6.36. The minimum Gasteiger partial charge on any atom is -0.384 e. The number of rotatable bonds is 5. The molecule has 4 heteroatoms. The first-order valence-corrected chi connectivity index (χ1v) is 6.87. The van der Waals surface area contributed by atoms with Crippen molar-refractivity contribution in [1.29, 1.82) is 0 Å². The van der Waals surface area contributed by atoms with Crippen molar-refractivity contribution in [2.45, 2.75) is 33.1 Å². The largest absolute Gasteiger partial charge is 0.384 e. The number of aryl methyl sites for hydroxylation is 1. The third-order valence-corrected chi connectivity index (χ3v) is 3.59. The zero-order valence-electron chi connectivity index (χ0n) is 11.8. The maximum absolute atomic E-state index is 11.3. The summed E-state index contributed by atoms with van der Waals surface area (Å²) in [5.41, 5.74) is 9.08. The number of fused-ring (bicyclic) bond motifs is 1. The fourth-order valence-corrected chi connectivity index (χ4v) is 2.31. The van der Waals surface area contributed by atoms with E-state index in [-0.39, 0.29) is 11.3 Å². The highest BCUT2D eigenvalue weighted by Crippen LogP contribution is 2.27. The van der Waals surface area contributed by atoms with Gasteiger partial charge in [-0.1, -0.05) is 13.8 Å². The Morgan fingerprint density at radius 1 is 1.37 bits per heavy atom. The molecule has 4 N–H and O–H groups in total. The Hall–Kier alpha value is -1.55. The first kappa shape index (κ1) is 13.9. The second kappa shape index (κ2) is 5.61. The summed E-state index contributed by atoms with van der Waals surface area (Å²) in [6.45, 7) is 6.04. The number of nitrogens with one attached hydrogen (secondary N) is 2. The molecule has 0 fully saturated rings. The molecular weight excluding hydrogens is 238 g/mol. The number of amides is 1. The standard InChI is InChI=1S/C15H23N3O/c1-15(2,7-8-16)10-17-12-4-5-13-11(9-12)3-6-14(19)18-13/h4-5,9,17H,3,6-8,10,16H2,1-2H3,(H,18,19). The van der Waals surface area contributed by atoms with Crippen molar-refractivity contribution < 1.29 is 4.79 Å². The molecule has 0 saturated heterocycles. The third kappa shape index (κ3) is 3.70. The predicted molar refractivity (Wildman–Crippen MR) is 79.3 cm³/mol. The second-order valence-electron chi connectivity index (χ2n) is 5.98. The molecule has 2 rings (SSSR count). The van der Waals surface area contributed by atoms with Crippen LogP contribution in [-0.4, -0.2) is 19.0 Å². The van der Waals surface area contributed by atoms with Crippen molar-refractivity contribution in [1.82, 2.24) is 0 Å². The Kier molecular flexibility index (Phi) is 4.10. The second-order valence-corrected chi connectivity index (χ2v) is 5.98. The number of benzene rings is 1. The van der Waals surface area contributed by atoms with Crippen molar-refractivity contribution in [3.05, 3.63) is 23.8 Å². The van der Waals surface area contributed by atoms with Crippen molar-refractivity contribution in [2.75, 3.05) is 23.7 Å². The van der Waals surface area contributed by atoms with Gasteiger partial charge in [-0.15, -0.1) is 0 Å². The van der Waals surface area contributed by atoms with Gasteiger partial charge in [-0.3, -0.25) is 4.79 Å². The highest BCUT2D eigenvalue weighted by Gasteiger charge is 2.18. The quantitative estimate of drug-likeness (QED) is 0.762. The van der Waals surface area contributed by atoms with Crippen LogP contribution in [0.1, 0.15) is 32.3 Å². The number of hydrogen-bond donors (Lipinski definition) is 3. The van der Waals surface area contributed by atoms with Crippen molar-refractivity contribution >= 4 is 17.3 Å². The lowest BCUT2D eigenvalue weighted by atomic mass is 9.89. The zero-order chi connectivity index (χ0) is 13.9. The lowest BCUT2D eigenvalue weighted by Crippen LogP contribution is -2.26. The molecule has 0 spiro atoms. The van der Waals surface area contributed by atoms with E-state index < -0.39 is 0 Å². The van der Waals surface area contributed by atoms with Crippen LogP contribution in [0.2, 0.25) is 0 Å². The lowest BCUT2D eigenvalue weighted by molar-refractivity contribution is -0.116. The zero-order valence-corrected chi connectivity index (χ0v) is 11.8. The molecule has 104 valence electrons. The summed E-state index contributed by atoms with van der Waals surface area (Å²) in [6.07, 6.45) is 2.40. The molecule has 0 aliphatic carbocycles. The number of nitrogens with two attached hydrogens (primary N) is 1. The summed E-state index contributed by atoms with van der Waals surface area (Å²) in [7, 11) is 0. The van der Waals surface area contributed by atoms with Gasteiger partial charge in [0.05, 0.1) is 0 Å². The van der Waals surface area contributed by atoms with E-state index in [4.69, 9.17) is 5.73 Å². The monoisotopic (exact) mass is 261 g/mol. The molecule has 0 unspecified atom stereocenters. The first-order valence-electron chi connectivity index (χ1n) is 6.87. The summed E-state index contributed by atoms with van der Waals surface area (Å²) < 4.78 is 0. The van der Waals surface area contributed by atoms with Gasteiger partial charge in [0.1, 0.15) is 0 Å². The van der Waals surface area contributed by atoms with E-state index in [0.717, 1.165) is 30.8 Å². The van der Waals surface area contributed by atoms with Gasteiger partial charge in [0, 0.05) is 24.3 Å². The summed E-state index contributed by atoms with van der Waals surface area (Å²) in [4.78, 5) is 11.3. The fraction of sp³-hybridized carbons (Fsp3) is 0.533. The lowest BCUT2D eigenvalue weighted by Gasteiger charge is -2.25. The van der Waals surface area contributed by atoms with Gasteiger partial charge in [-0.05, 0) is 48.6 Å². The Bertz CT molecular complexity index is 468. The SMILES string of the molecule is CC(C)(CCN)CNc1ccc2c(c1)CCC(=O)N2. The van der Waals surface area contributed by atoms with Gasteiger partial charge in [0.15, 0.2) is 0 Å². The van der Waals surface area contributed by atoms with Gasteiger partial charge >= 0.3 is 0 Å². The molecule has 1 amide bonds. The molecular formula is C15H23N3O.